The number of nitrogens with one attached hydrogen (secondary N) is 1. The van der Waals surface area contributed by atoms with Crippen LogP contribution in [0, 0.1) is 5.82 Å². The molecular weight excluding hydrogens is 333 g/mol. The van der Waals surface area contributed by atoms with E-state index < -0.39 is 23.7 Å². The van der Waals surface area contributed by atoms with Crippen molar-refractivity contribution in [3.8, 4) is 0 Å². The third-order valence-corrected chi connectivity index (χ3v) is 4.18. The van der Waals surface area contributed by atoms with Crippen molar-refractivity contribution in [2.24, 2.45) is 0 Å². The summed E-state index contributed by atoms with van der Waals surface area (Å²) in [5.41, 5.74) is 1.06. The lowest BCUT2D eigenvalue weighted by Gasteiger charge is -2.18. The highest BCUT2D eigenvalue weighted by molar-refractivity contribution is 5.97. The molecule has 3 rings (SSSR count). The van der Waals surface area contributed by atoms with E-state index in [1.54, 1.807) is 0 Å². The van der Waals surface area contributed by atoms with Crippen LogP contribution in [-0.2, 0) is 16.0 Å². The van der Waals surface area contributed by atoms with Gasteiger partial charge in [0.15, 0.2) is 0 Å². The number of amides is 1. The zero-order valence-corrected chi connectivity index (χ0v) is 14.2. The first kappa shape index (κ1) is 17.6. The molecule has 0 aliphatic heterocycles. The van der Waals surface area contributed by atoms with E-state index in [-0.39, 0.29) is 12.0 Å². The molecule has 0 bridgehead atoms. The maximum atomic E-state index is 13.3. The van der Waals surface area contributed by atoms with E-state index in [9.17, 15) is 14.0 Å². The van der Waals surface area contributed by atoms with Gasteiger partial charge in [-0.05, 0) is 34.5 Å². The lowest BCUT2D eigenvalue weighted by molar-refractivity contribution is -0.142. The van der Waals surface area contributed by atoms with Crippen LogP contribution in [0.1, 0.15) is 15.9 Å². The SMILES string of the molecule is COC(=O)[C@H](Cc1cccc2ccccc12)NC(=O)c1cccc(F)c1. The average molecular weight is 351 g/mol. The second-order valence-electron chi connectivity index (χ2n) is 5.90. The number of benzene rings is 3. The maximum Gasteiger partial charge on any atom is 0.328 e. The Morgan fingerprint density at radius 3 is 2.54 bits per heavy atom. The van der Waals surface area contributed by atoms with Crippen LogP contribution in [0.3, 0.4) is 0 Å². The van der Waals surface area contributed by atoms with Crippen LogP contribution in [0.5, 0.6) is 0 Å². The quantitative estimate of drug-likeness (QED) is 0.716. The molecule has 0 aromatic heterocycles. The van der Waals surface area contributed by atoms with Crippen LogP contribution < -0.4 is 5.32 Å². The maximum absolute atomic E-state index is 13.3. The first-order valence-corrected chi connectivity index (χ1v) is 8.19. The van der Waals surface area contributed by atoms with E-state index in [4.69, 9.17) is 4.74 Å². The topological polar surface area (TPSA) is 55.4 Å². The molecule has 4 nitrogen and oxygen atoms in total. The fourth-order valence-electron chi connectivity index (χ4n) is 2.90. The number of methoxy groups -OCH3 is 1. The smallest absolute Gasteiger partial charge is 0.328 e. The Morgan fingerprint density at radius 1 is 1.04 bits per heavy atom. The number of fused-ring (bicyclic) bond motifs is 1. The van der Waals surface area contributed by atoms with Crippen molar-refractivity contribution < 1.29 is 18.7 Å². The van der Waals surface area contributed by atoms with Crippen molar-refractivity contribution in [1.82, 2.24) is 5.32 Å². The van der Waals surface area contributed by atoms with E-state index in [1.165, 1.54) is 25.3 Å². The van der Waals surface area contributed by atoms with Crippen molar-refractivity contribution >= 4 is 22.6 Å². The second kappa shape index (κ2) is 7.78. The van der Waals surface area contributed by atoms with Gasteiger partial charge in [0.05, 0.1) is 7.11 Å². The van der Waals surface area contributed by atoms with Gasteiger partial charge in [-0.1, -0.05) is 48.5 Å². The van der Waals surface area contributed by atoms with Gasteiger partial charge in [-0.2, -0.15) is 0 Å². The number of rotatable bonds is 5. The highest BCUT2D eigenvalue weighted by atomic mass is 19.1. The Hall–Kier alpha value is -3.21. The van der Waals surface area contributed by atoms with Gasteiger partial charge >= 0.3 is 5.97 Å². The summed E-state index contributed by atoms with van der Waals surface area (Å²) in [7, 11) is 1.27. The standard InChI is InChI=1S/C21H18FNO3/c1-26-21(25)19(23-20(24)16-9-5-10-17(22)12-16)13-15-8-4-7-14-6-2-3-11-18(14)15/h2-12,19H,13H2,1H3,(H,23,24)/t19-/m0/s1. The minimum Gasteiger partial charge on any atom is -0.467 e. The van der Waals surface area contributed by atoms with Gasteiger partial charge in [0.2, 0.25) is 0 Å². The normalized spacial score (nSPS) is 11.8. The fraction of sp³-hybridized carbons (Fsp3) is 0.143. The lowest BCUT2D eigenvalue weighted by atomic mass is 9.98. The number of carbonyl (C=O) groups excluding carboxylic acids is 2. The molecule has 1 amide bonds. The van der Waals surface area contributed by atoms with Gasteiger partial charge in [0, 0.05) is 12.0 Å². The fourth-order valence-corrected chi connectivity index (χ4v) is 2.90. The molecule has 26 heavy (non-hydrogen) atoms. The minimum absolute atomic E-state index is 0.150. The van der Waals surface area contributed by atoms with Gasteiger partial charge in [-0.15, -0.1) is 0 Å². The molecule has 0 unspecified atom stereocenters. The predicted octanol–water partition coefficient (Wildman–Crippen LogP) is 3.49. The molecule has 0 saturated carbocycles. The summed E-state index contributed by atoms with van der Waals surface area (Å²) in [6.45, 7) is 0. The summed E-state index contributed by atoms with van der Waals surface area (Å²) in [6, 6.07) is 18.1. The molecule has 0 aliphatic carbocycles. The average Bonchev–Trinajstić information content (AvgIpc) is 2.67. The Kier molecular flexibility index (Phi) is 5.27. The van der Waals surface area contributed by atoms with Crippen LogP contribution in [0.4, 0.5) is 4.39 Å². The van der Waals surface area contributed by atoms with E-state index in [0.717, 1.165) is 22.4 Å². The molecule has 3 aromatic carbocycles. The largest absolute Gasteiger partial charge is 0.467 e. The van der Waals surface area contributed by atoms with E-state index in [2.05, 4.69) is 5.32 Å². The third kappa shape index (κ3) is 3.88. The summed E-state index contributed by atoms with van der Waals surface area (Å²) in [5, 5.41) is 4.69. The molecule has 0 aliphatic rings. The Morgan fingerprint density at radius 2 is 1.77 bits per heavy atom. The lowest BCUT2D eigenvalue weighted by Crippen LogP contribution is -2.43. The van der Waals surface area contributed by atoms with Crippen molar-refractivity contribution in [2.45, 2.75) is 12.5 Å². The van der Waals surface area contributed by atoms with Crippen LogP contribution in [0.2, 0.25) is 0 Å². The summed E-state index contributed by atoms with van der Waals surface area (Å²) in [6.07, 6.45) is 0.273. The second-order valence-corrected chi connectivity index (χ2v) is 5.90. The zero-order valence-electron chi connectivity index (χ0n) is 14.2. The molecule has 0 spiro atoms. The van der Waals surface area contributed by atoms with Crippen molar-refractivity contribution in [3.05, 3.63) is 83.7 Å². The molecule has 0 radical (unpaired) electrons. The first-order valence-electron chi connectivity index (χ1n) is 8.19. The monoisotopic (exact) mass is 351 g/mol. The van der Waals surface area contributed by atoms with Gasteiger partial charge in [0.1, 0.15) is 11.9 Å². The van der Waals surface area contributed by atoms with Gasteiger partial charge in [0.25, 0.3) is 5.91 Å². The summed E-state index contributed by atoms with van der Waals surface area (Å²) in [4.78, 5) is 24.6. The minimum atomic E-state index is -0.874. The number of halogens is 1. The van der Waals surface area contributed by atoms with Crippen LogP contribution in [0.25, 0.3) is 10.8 Å². The molecule has 0 heterocycles. The highest BCUT2D eigenvalue weighted by Crippen LogP contribution is 2.20. The van der Waals surface area contributed by atoms with Crippen LogP contribution >= 0.6 is 0 Å². The van der Waals surface area contributed by atoms with Crippen LogP contribution in [-0.4, -0.2) is 25.0 Å². The first-order chi connectivity index (χ1) is 12.6. The number of hydrogen-bond acceptors (Lipinski definition) is 3. The Bertz CT molecular complexity index is 949. The Balaban J connectivity index is 1.86. The summed E-state index contributed by atoms with van der Waals surface area (Å²) >= 11 is 0. The van der Waals surface area contributed by atoms with E-state index in [0.29, 0.717) is 0 Å². The molecule has 132 valence electrons. The van der Waals surface area contributed by atoms with Crippen molar-refractivity contribution in [1.29, 1.82) is 0 Å². The number of carbonyl (C=O) groups is 2. The van der Waals surface area contributed by atoms with Gasteiger partial charge < -0.3 is 10.1 Å². The van der Waals surface area contributed by atoms with Gasteiger partial charge in [-0.3, -0.25) is 4.79 Å². The molecule has 3 aromatic rings. The van der Waals surface area contributed by atoms with Crippen molar-refractivity contribution in [3.63, 3.8) is 0 Å². The third-order valence-electron chi connectivity index (χ3n) is 4.18. The van der Waals surface area contributed by atoms with Crippen molar-refractivity contribution in [2.75, 3.05) is 7.11 Å². The highest BCUT2D eigenvalue weighted by Gasteiger charge is 2.23. The number of esters is 1. The van der Waals surface area contributed by atoms with E-state index in [1.807, 2.05) is 42.5 Å². The molecule has 0 saturated heterocycles. The number of hydrogen-bond donors (Lipinski definition) is 1. The predicted molar refractivity (Wildman–Crippen MR) is 97.3 cm³/mol. The molecule has 1 N–H and O–H groups in total. The molecule has 1 atom stereocenters. The van der Waals surface area contributed by atoms with Gasteiger partial charge in [-0.25, -0.2) is 9.18 Å². The van der Waals surface area contributed by atoms with E-state index >= 15 is 0 Å². The summed E-state index contributed by atoms with van der Waals surface area (Å²) in [5.74, 6) is -1.59. The zero-order chi connectivity index (χ0) is 18.5. The Labute approximate surface area is 150 Å². The number of ether oxygens (including phenoxy) is 1. The molecule has 0 fully saturated rings. The molecule has 5 heteroatoms. The van der Waals surface area contributed by atoms with Crippen LogP contribution in [0.15, 0.2) is 66.7 Å². The molecular formula is C21H18FNO3. The summed E-state index contributed by atoms with van der Waals surface area (Å²) < 4.78 is 18.2.